The van der Waals surface area contributed by atoms with E-state index in [0.717, 1.165) is 16.9 Å². The molecule has 0 saturated carbocycles. The number of nitrogens with zero attached hydrogens (tertiary/aromatic N) is 1. The summed E-state index contributed by atoms with van der Waals surface area (Å²) in [5.41, 5.74) is 8.51. The molecule has 0 amide bonds. The lowest BCUT2D eigenvalue weighted by atomic mass is 10.2. The zero-order valence-corrected chi connectivity index (χ0v) is 11.6. The molecule has 0 spiro atoms. The van der Waals surface area contributed by atoms with Crippen LogP contribution in [0, 0.1) is 5.82 Å². The third-order valence-electron chi connectivity index (χ3n) is 2.74. The summed E-state index contributed by atoms with van der Waals surface area (Å²) >= 11 is 3.19. The Morgan fingerprint density at radius 3 is 2.44 bits per heavy atom. The summed E-state index contributed by atoms with van der Waals surface area (Å²) in [6.45, 7) is 0.711. The van der Waals surface area contributed by atoms with Crippen LogP contribution >= 0.6 is 15.9 Å². The van der Waals surface area contributed by atoms with Crippen LogP contribution in [0.2, 0.25) is 0 Å². The molecule has 0 heterocycles. The van der Waals surface area contributed by atoms with E-state index < -0.39 is 0 Å². The molecule has 0 atom stereocenters. The van der Waals surface area contributed by atoms with Crippen LogP contribution in [0.4, 0.5) is 15.8 Å². The lowest BCUT2D eigenvalue weighted by molar-refractivity contribution is 0.620. The van der Waals surface area contributed by atoms with Gasteiger partial charge in [-0.3, -0.25) is 0 Å². The number of hydrogen-bond acceptors (Lipinski definition) is 2. The van der Waals surface area contributed by atoms with Crippen molar-refractivity contribution in [3.8, 4) is 0 Å². The molecule has 0 saturated heterocycles. The maximum atomic E-state index is 13.1. The molecule has 2 aromatic carbocycles. The maximum Gasteiger partial charge on any atom is 0.137 e. The molecule has 0 aliphatic rings. The largest absolute Gasteiger partial charge is 0.399 e. The van der Waals surface area contributed by atoms with Crippen molar-refractivity contribution in [2.75, 3.05) is 17.7 Å². The zero-order chi connectivity index (χ0) is 13.1. The Kier molecular flexibility index (Phi) is 3.87. The van der Waals surface area contributed by atoms with Gasteiger partial charge in [0.25, 0.3) is 0 Å². The van der Waals surface area contributed by atoms with Gasteiger partial charge >= 0.3 is 0 Å². The van der Waals surface area contributed by atoms with Crippen molar-refractivity contribution in [3.05, 3.63) is 58.3 Å². The van der Waals surface area contributed by atoms with Crippen LogP contribution < -0.4 is 10.6 Å². The molecule has 0 unspecified atom stereocenters. The Labute approximate surface area is 114 Å². The van der Waals surface area contributed by atoms with Crippen LogP contribution in [0.5, 0.6) is 0 Å². The van der Waals surface area contributed by atoms with E-state index >= 15 is 0 Å². The number of anilines is 2. The molecule has 2 nitrogen and oxygen atoms in total. The van der Waals surface area contributed by atoms with Gasteiger partial charge in [0.2, 0.25) is 0 Å². The minimum absolute atomic E-state index is 0.242. The Hall–Kier alpha value is -1.55. The first kappa shape index (κ1) is 12.9. The number of halogens is 2. The minimum Gasteiger partial charge on any atom is -0.399 e. The zero-order valence-electron chi connectivity index (χ0n) is 10.0. The Morgan fingerprint density at radius 2 is 1.83 bits per heavy atom. The second-order valence-corrected chi connectivity index (χ2v) is 5.05. The van der Waals surface area contributed by atoms with Crippen molar-refractivity contribution in [3.63, 3.8) is 0 Å². The molecule has 0 aromatic heterocycles. The molecular formula is C14H14BrFN2. The monoisotopic (exact) mass is 308 g/mol. The third-order valence-corrected chi connectivity index (χ3v) is 3.35. The molecule has 0 radical (unpaired) electrons. The molecule has 18 heavy (non-hydrogen) atoms. The predicted molar refractivity (Wildman–Crippen MR) is 77.1 cm³/mol. The van der Waals surface area contributed by atoms with E-state index in [1.165, 1.54) is 6.07 Å². The number of nitrogens with two attached hydrogens (primary N) is 1. The summed E-state index contributed by atoms with van der Waals surface area (Å²) in [7, 11) is 1.99. The van der Waals surface area contributed by atoms with Crippen LogP contribution in [0.1, 0.15) is 5.56 Å². The van der Waals surface area contributed by atoms with Crippen LogP contribution in [0.15, 0.2) is 46.9 Å². The van der Waals surface area contributed by atoms with Crippen molar-refractivity contribution < 1.29 is 4.39 Å². The normalized spacial score (nSPS) is 10.4. The molecule has 0 bridgehead atoms. The van der Waals surface area contributed by atoms with E-state index in [4.69, 9.17) is 5.73 Å². The summed E-state index contributed by atoms with van der Waals surface area (Å²) < 4.78 is 13.6. The summed E-state index contributed by atoms with van der Waals surface area (Å²) in [5.74, 6) is -0.242. The number of benzene rings is 2. The van der Waals surface area contributed by atoms with Crippen molar-refractivity contribution in [1.82, 2.24) is 0 Å². The first-order valence-corrected chi connectivity index (χ1v) is 6.36. The van der Waals surface area contributed by atoms with Gasteiger partial charge < -0.3 is 10.6 Å². The van der Waals surface area contributed by atoms with E-state index in [9.17, 15) is 4.39 Å². The first-order chi connectivity index (χ1) is 8.56. The standard InChI is InChI=1S/C14H14BrFN2/c1-18(12-5-3-11(17)4-6-12)9-10-2-7-14(16)13(15)8-10/h2-8H,9,17H2,1H3. The topological polar surface area (TPSA) is 29.3 Å². The second-order valence-electron chi connectivity index (χ2n) is 4.20. The van der Waals surface area contributed by atoms with E-state index in [1.807, 2.05) is 31.3 Å². The van der Waals surface area contributed by atoms with Gasteiger partial charge in [0.15, 0.2) is 0 Å². The summed E-state index contributed by atoms with van der Waals surface area (Å²) in [4.78, 5) is 2.08. The quantitative estimate of drug-likeness (QED) is 0.874. The first-order valence-electron chi connectivity index (χ1n) is 5.57. The van der Waals surface area contributed by atoms with Gasteiger partial charge in [-0.1, -0.05) is 6.07 Å². The number of hydrogen-bond donors (Lipinski definition) is 1. The van der Waals surface area contributed by atoms with Crippen LogP contribution in [-0.4, -0.2) is 7.05 Å². The maximum absolute atomic E-state index is 13.1. The lowest BCUT2D eigenvalue weighted by Gasteiger charge is -2.19. The van der Waals surface area contributed by atoms with E-state index in [0.29, 0.717) is 11.0 Å². The Bertz CT molecular complexity index is 540. The van der Waals surface area contributed by atoms with E-state index in [-0.39, 0.29) is 5.82 Å². The average molecular weight is 309 g/mol. The minimum atomic E-state index is -0.242. The van der Waals surface area contributed by atoms with Crippen molar-refractivity contribution in [2.24, 2.45) is 0 Å². The van der Waals surface area contributed by atoms with Gasteiger partial charge in [0.1, 0.15) is 5.82 Å². The highest BCUT2D eigenvalue weighted by molar-refractivity contribution is 9.10. The molecule has 94 valence electrons. The van der Waals surface area contributed by atoms with Crippen molar-refractivity contribution in [2.45, 2.75) is 6.54 Å². The number of nitrogen functional groups attached to an aromatic ring is 1. The fourth-order valence-electron chi connectivity index (χ4n) is 1.73. The summed E-state index contributed by atoms with van der Waals surface area (Å²) in [6.07, 6.45) is 0. The molecule has 2 rings (SSSR count). The highest BCUT2D eigenvalue weighted by Gasteiger charge is 2.04. The molecule has 0 fully saturated rings. The third kappa shape index (κ3) is 3.01. The van der Waals surface area contributed by atoms with Gasteiger partial charge in [0.05, 0.1) is 4.47 Å². The highest BCUT2D eigenvalue weighted by Crippen LogP contribution is 2.20. The number of rotatable bonds is 3. The smallest absolute Gasteiger partial charge is 0.137 e. The van der Waals surface area contributed by atoms with Crippen LogP contribution in [-0.2, 0) is 6.54 Å². The second kappa shape index (κ2) is 5.40. The van der Waals surface area contributed by atoms with Crippen molar-refractivity contribution >= 4 is 27.3 Å². The summed E-state index contributed by atoms with van der Waals surface area (Å²) in [5, 5.41) is 0. The molecule has 0 aliphatic carbocycles. The molecule has 2 N–H and O–H groups in total. The van der Waals surface area contributed by atoms with Gasteiger partial charge in [-0.15, -0.1) is 0 Å². The lowest BCUT2D eigenvalue weighted by Crippen LogP contribution is -2.16. The highest BCUT2D eigenvalue weighted by atomic mass is 79.9. The fraction of sp³-hybridized carbons (Fsp3) is 0.143. The van der Waals surface area contributed by atoms with Gasteiger partial charge in [-0.05, 0) is 57.9 Å². The van der Waals surface area contributed by atoms with E-state index in [2.05, 4.69) is 20.8 Å². The van der Waals surface area contributed by atoms with Crippen LogP contribution in [0.25, 0.3) is 0 Å². The van der Waals surface area contributed by atoms with Crippen molar-refractivity contribution in [1.29, 1.82) is 0 Å². The van der Waals surface area contributed by atoms with Gasteiger partial charge in [-0.2, -0.15) is 0 Å². The Balaban J connectivity index is 2.13. The summed E-state index contributed by atoms with van der Waals surface area (Å²) in [6, 6.07) is 12.7. The van der Waals surface area contributed by atoms with E-state index in [1.54, 1.807) is 12.1 Å². The Morgan fingerprint density at radius 1 is 1.17 bits per heavy atom. The fourth-order valence-corrected chi connectivity index (χ4v) is 2.16. The van der Waals surface area contributed by atoms with Gasteiger partial charge in [-0.25, -0.2) is 4.39 Å². The average Bonchev–Trinajstić information content (AvgIpc) is 2.34. The van der Waals surface area contributed by atoms with Gasteiger partial charge in [0, 0.05) is 25.0 Å². The molecule has 0 aliphatic heterocycles. The SMILES string of the molecule is CN(Cc1ccc(F)c(Br)c1)c1ccc(N)cc1. The molecule has 2 aromatic rings. The predicted octanol–water partition coefficient (Wildman–Crippen LogP) is 3.81. The molecular weight excluding hydrogens is 295 g/mol. The van der Waals surface area contributed by atoms with Crippen LogP contribution in [0.3, 0.4) is 0 Å². The molecule has 4 heteroatoms.